The molecule has 1 aromatic heterocycles. The molecule has 1 aromatic carbocycles. The molecule has 0 saturated carbocycles. The third-order valence-electron chi connectivity index (χ3n) is 4.55. The van der Waals surface area contributed by atoms with Gasteiger partial charge < -0.3 is 10.3 Å². The van der Waals surface area contributed by atoms with E-state index in [9.17, 15) is 4.79 Å². The van der Waals surface area contributed by atoms with E-state index < -0.39 is 0 Å². The van der Waals surface area contributed by atoms with Crippen LogP contribution >= 0.6 is 11.3 Å². The molecule has 2 unspecified atom stereocenters. The van der Waals surface area contributed by atoms with Crippen molar-refractivity contribution in [3.63, 3.8) is 0 Å². The van der Waals surface area contributed by atoms with Crippen LogP contribution in [0.1, 0.15) is 25.3 Å². The maximum atomic E-state index is 11.7. The van der Waals surface area contributed by atoms with Crippen LogP contribution in [-0.2, 0) is 13.6 Å². The minimum absolute atomic E-state index is 0.108. The molecule has 0 bridgehead atoms. The Labute approximate surface area is 129 Å². The van der Waals surface area contributed by atoms with Gasteiger partial charge in [0.1, 0.15) is 0 Å². The van der Waals surface area contributed by atoms with Gasteiger partial charge in [0.15, 0.2) is 0 Å². The number of nitrogens with zero attached hydrogens (tertiary/aromatic N) is 2. The summed E-state index contributed by atoms with van der Waals surface area (Å²) in [7, 11) is 1.83. The van der Waals surface area contributed by atoms with Crippen molar-refractivity contribution in [3.8, 4) is 0 Å². The van der Waals surface area contributed by atoms with Gasteiger partial charge in [-0.2, -0.15) is 0 Å². The Kier molecular flexibility index (Phi) is 4.15. The van der Waals surface area contributed by atoms with Gasteiger partial charge in [-0.15, -0.1) is 0 Å². The highest BCUT2D eigenvalue weighted by Gasteiger charge is 2.22. The molecule has 4 nitrogen and oxygen atoms in total. The van der Waals surface area contributed by atoms with Gasteiger partial charge in [-0.05, 0) is 49.9 Å². The van der Waals surface area contributed by atoms with E-state index in [1.807, 2.05) is 7.05 Å². The Morgan fingerprint density at radius 1 is 1.48 bits per heavy atom. The third kappa shape index (κ3) is 3.05. The largest absolute Gasteiger partial charge is 0.328 e. The summed E-state index contributed by atoms with van der Waals surface area (Å²) < 4.78 is 2.80. The second-order valence-electron chi connectivity index (χ2n) is 6.23. The van der Waals surface area contributed by atoms with Crippen molar-refractivity contribution in [1.82, 2.24) is 9.47 Å². The SMILES string of the molecule is CC(N)C1CCCN(Cc2ccc3c(c2)sc(=O)n3C)C1. The molecule has 2 heterocycles. The first kappa shape index (κ1) is 14.8. The fourth-order valence-corrected chi connectivity index (χ4v) is 4.14. The summed E-state index contributed by atoms with van der Waals surface area (Å²) in [4.78, 5) is 14.3. The van der Waals surface area contributed by atoms with Crippen LogP contribution in [0.5, 0.6) is 0 Å². The molecule has 2 atom stereocenters. The number of aryl methyl sites for hydroxylation is 1. The molecule has 1 aliphatic rings. The lowest BCUT2D eigenvalue weighted by Gasteiger charge is -2.34. The molecule has 0 radical (unpaired) electrons. The lowest BCUT2D eigenvalue weighted by molar-refractivity contribution is 0.154. The standard InChI is InChI=1S/C16H23N3OS/c1-11(17)13-4-3-7-19(10-13)9-12-5-6-14-15(8-12)21-16(20)18(14)2/h5-6,8,11,13H,3-4,7,9-10,17H2,1-2H3. The maximum Gasteiger partial charge on any atom is 0.307 e. The first-order valence-electron chi connectivity index (χ1n) is 7.61. The zero-order valence-corrected chi connectivity index (χ0v) is 13.5. The number of thiazole rings is 1. The number of benzene rings is 1. The molecule has 5 heteroatoms. The Hall–Kier alpha value is -1.17. The quantitative estimate of drug-likeness (QED) is 0.945. The maximum absolute atomic E-state index is 11.7. The summed E-state index contributed by atoms with van der Waals surface area (Å²) in [6.07, 6.45) is 2.47. The number of likely N-dealkylation sites (tertiary alicyclic amines) is 1. The van der Waals surface area contributed by atoms with Crippen molar-refractivity contribution in [3.05, 3.63) is 33.4 Å². The Bertz CT molecular complexity index is 688. The van der Waals surface area contributed by atoms with Crippen LogP contribution in [0.2, 0.25) is 0 Å². The van der Waals surface area contributed by atoms with E-state index in [0.717, 1.165) is 29.9 Å². The van der Waals surface area contributed by atoms with E-state index in [4.69, 9.17) is 5.73 Å². The normalized spacial score (nSPS) is 21.8. The van der Waals surface area contributed by atoms with E-state index in [2.05, 4.69) is 30.0 Å². The van der Waals surface area contributed by atoms with Gasteiger partial charge in [0, 0.05) is 26.2 Å². The highest BCUT2D eigenvalue weighted by atomic mass is 32.1. The molecule has 114 valence electrons. The van der Waals surface area contributed by atoms with Crippen LogP contribution in [0.3, 0.4) is 0 Å². The van der Waals surface area contributed by atoms with Crippen molar-refractivity contribution in [2.45, 2.75) is 32.4 Å². The van der Waals surface area contributed by atoms with Crippen LogP contribution in [-0.4, -0.2) is 28.6 Å². The second kappa shape index (κ2) is 5.91. The molecule has 0 aliphatic carbocycles. The van der Waals surface area contributed by atoms with Crippen molar-refractivity contribution >= 4 is 21.6 Å². The summed E-state index contributed by atoms with van der Waals surface area (Å²) in [5.41, 5.74) is 8.37. The predicted molar refractivity (Wildman–Crippen MR) is 88.7 cm³/mol. The van der Waals surface area contributed by atoms with E-state index in [1.165, 1.54) is 29.7 Å². The summed E-state index contributed by atoms with van der Waals surface area (Å²) in [6.45, 7) is 5.30. The zero-order valence-electron chi connectivity index (χ0n) is 12.7. The summed E-state index contributed by atoms with van der Waals surface area (Å²) in [6, 6.07) is 6.64. The molecule has 0 amide bonds. The lowest BCUT2D eigenvalue weighted by atomic mass is 9.92. The number of fused-ring (bicyclic) bond motifs is 1. The fourth-order valence-electron chi connectivity index (χ4n) is 3.20. The minimum atomic E-state index is 0.108. The van der Waals surface area contributed by atoms with Crippen molar-refractivity contribution in [2.75, 3.05) is 13.1 Å². The third-order valence-corrected chi connectivity index (χ3v) is 5.54. The number of aromatic nitrogens is 1. The van der Waals surface area contributed by atoms with Gasteiger partial charge in [0.2, 0.25) is 0 Å². The van der Waals surface area contributed by atoms with Crippen LogP contribution < -0.4 is 10.6 Å². The zero-order chi connectivity index (χ0) is 15.0. The second-order valence-corrected chi connectivity index (χ2v) is 7.22. The molecule has 0 spiro atoms. The Morgan fingerprint density at radius 2 is 2.29 bits per heavy atom. The molecule has 2 aromatic rings. The predicted octanol–water partition coefficient (Wildman–Crippen LogP) is 2.16. The highest BCUT2D eigenvalue weighted by Crippen LogP contribution is 2.23. The van der Waals surface area contributed by atoms with Crippen molar-refractivity contribution in [2.24, 2.45) is 18.7 Å². The van der Waals surface area contributed by atoms with Gasteiger partial charge in [0.05, 0.1) is 10.2 Å². The summed E-state index contributed by atoms with van der Waals surface area (Å²) in [5.74, 6) is 0.607. The van der Waals surface area contributed by atoms with E-state index >= 15 is 0 Å². The van der Waals surface area contributed by atoms with Crippen molar-refractivity contribution < 1.29 is 0 Å². The number of rotatable bonds is 3. The van der Waals surface area contributed by atoms with Crippen LogP contribution in [0.4, 0.5) is 0 Å². The first-order chi connectivity index (χ1) is 10.0. The van der Waals surface area contributed by atoms with Gasteiger partial charge >= 0.3 is 4.87 Å². The highest BCUT2D eigenvalue weighted by molar-refractivity contribution is 7.16. The number of nitrogens with two attached hydrogens (primary N) is 1. The van der Waals surface area contributed by atoms with E-state index in [1.54, 1.807) is 4.57 Å². The van der Waals surface area contributed by atoms with Gasteiger partial charge in [0.25, 0.3) is 0 Å². The monoisotopic (exact) mass is 305 g/mol. The molecule has 2 N–H and O–H groups in total. The molecule has 21 heavy (non-hydrogen) atoms. The van der Waals surface area contributed by atoms with Gasteiger partial charge in [-0.1, -0.05) is 17.4 Å². The molecular formula is C16H23N3OS. The summed E-state index contributed by atoms with van der Waals surface area (Å²) >= 11 is 1.33. The van der Waals surface area contributed by atoms with Crippen molar-refractivity contribution in [1.29, 1.82) is 0 Å². The average Bonchev–Trinajstić information content (AvgIpc) is 2.74. The van der Waals surface area contributed by atoms with Crippen LogP contribution in [0.25, 0.3) is 10.2 Å². The fraction of sp³-hybridized carbons (Fsp3) is 0.562. The Balaban J connectivity index is 1.77. The van der Waals surface area contributed by atoms with Gasteiger partial charge in [-0.25, -0.2) is 0 Å². The molecule has 3 rings (SSSR count). The first-order valence-corrected chi connectivity index (χ1v) is 8.42. The van der Waals surface area contributed by atoms with Crippen LogP contribution in [0, 0.1) is 5.92 Å². The van der Waals surface area contributed by atoms with Crippen LogP contribution in [0.15, 0.2) is 23.0 Å². The number of piperidine rings is 1. The Morgan fingerprint density at radius 3 is 3.05 bits per heavy atom. The molecule has 1 aliphatic heterocycles. The number of hydrogen-bond acceptors (Lipinski definition) is 4. The summed E-state index contributed by atoms with van der Waals surface area (Å²) in [5, 5.41) is 0. The molecular weight excluding hydrogens is 282 g/mol. The minimum Gasteiger partial charge on any atom is -0.328 e. The van der Waals surface area contributed by atoms with E-state index in [-0.39, 0.29) is 10.9 Å². The smallest absolute Gasteiger partial charge is 0.307 e. The van der Waals surface area contributed by atoms with Gasteiger partial charge in [-0.3, -0.25) is 9.69 Å². The topological polar surface area (TPSA) is 51.3 Å². The average molecular weight is 305 g/mol. The molecule has 1 fully saturated rings. The number of hydrogen-bond donors (Lipinski definition) is 1. The molecule has 1 saturated heterocycles. The van der Waals surface area contributed by atoms with E-state index in [0.29, 0.717) is 5.92 Å². The lowest BCUT2D eigenvalue weighted by Crippen LogP contribution is -2.41.